The van der Waals surface area contributed by atoms with Crippen LogP contribution in [0.3, 0.4) is 0 Å². The van der Waals surface area contributed by atoms with Crippen molar-refractivity contribution in [1.29, 1.82) is 0 Å². The molecule has 1 aliphatic rings. The van der Waals surface area contributed by atoms with Gasteiger partial charge < -0.3 is 20.3 Å². The zero-order valence-electron chi connectivity index (χ0n) is 13.9. The van der Waals surface area contributed by atoms with Gasteiger partial charge in [-0.15, -0.1) is 0 Å². The number of hydrogen-bond donors (Lipinski definition) is 2. The molecule has 24 heavy (non-hydrogen) atoms. The lowest BCUT2D eigenvalue weighted by molar-refractivity contribution is -0.0174. The number of hydrogen-bond acceptors (Lipinski definition) is 4. The summed E-state index contributed by atoms with van der Waals surface area (Å²) in [6.45, 7) is 3.00. The lowest BCUT2D eigenvalue weighted by atomic mass is 10.1. The van der Waals surface area contributed by atoms with E-state index in [1.807, 2.05) is 54.6 Å². The average Bonchev–Trinajstić information content (AvgIpc) is 2.61. The Bertz CT molecular complexity index is 675. The predicted molar refractivity (Wildman–Crippen MR) is 95.7 cm³/mol. The number of nitrogens with one attached hydrogen (secondary N) is 2. The second kappa shape index (κ2) is 7.95. The number of rotatable bonds is 5. The second-order valence-electron chi connectivity index (χ2n) is 6.00. The highest BCUT2D eigenvalue weighted by Gasteiger charge is 2.19. The van der Waals surface area contributed by atoms with Gasteiger partial charge in [0.2, 0.25) is 0 Å². The van der Waals surface area contributed by atoms with E-state index < -0.39 is 0 Å². The molecule has 1 fully saturated rings. The zero-order valence-corrected chi connectivity index (χ0v) is 13.9. The Kier molecular flexibility index (Phi) is 5.46. The molecule has 1 atom stereocenters. The molecule has 1 amide bonds. The van der Waals surface area contributed by atoms with Gasteiger partial charge in [-0.2, -0.15) is 0 Å². The standard InChI is InChI=1S/C19H23N3O2/c1-22-11-12-24-16(14-22)13-20-19(23)17-9-5-6-10-18(17)21-15-7-3-2-4-8-15/h2-10,16,21H,11-14H2,1H3,(H,20,23)/t16-/m1/s1. The van der Waals surface area contributed by atoms with Crippen LogP contribution in [-0.2, 0) is 4.74 Å². The van der Waals surface area contributed by atoms with Gasteiger partial charge in [0.25, 0.3) is 5.91 Å². The van der Waals surface area contributed by atoms with Gasteiger partial charge in [-0.1, -0.05) is 30.3 Å². The van der Waals surface area contributed by atoms with E-state index in [1.165, 1.54) is 0 Å². The van der Waals surface area contributed by atoms with Crippen molar-refractivity contribution < 1.29 is 9.53 Å². The Hall–Kier alpha value is -2.37. The van der Waals surface area contributed by atoms with Crippen LogP contribution in [0.5, 0.6) is 0 Å². The van der Waals surface area contributed by atoms with Crippen molar-refractivity contribution >= 4 is 17.3 Å². The van der Waals surface area contributed by atoms with E-state index in [4.69, 9.17) is 4.74 Å². The van der Waals surface area contributed by atoms with Gasteiger partial charge in [0.15, 0.2) is 0 Å². The molecule has 1 saturated heterocycles. The molecule has 0 bridgehead atoms. The highest BCUT2D eigenvalue weighted by molar-refractivity contribution is 6.00. The van der Waals surface area contributed by atoms with Crippen molar-refractivity contribution in [2.24, 2.45) is 0 Å². The number of amides is 1. The van der Waals surface area contributed by atoms with Crippen LogP contribution in [0, 0.1) is 0 Å². The van der Waals surface area contributed by atoms with Crippen LogP contribution in [0.25, 0.3) is 0 Å². The molecular formula is C19H23N3O2. The highest BCUT2D eigenvalue weighted by Crippen LogP contribution is 2.20. The first-order chi connectivity index (χ1) is 11.7. The summed E-state index contributed by atoms with van der Waals surface area (Å²) in [5.74, 6) is -0.0918. The minimum Gasteiger partial charge on any atom is -0.374 e. The Morgan fingerprint density at radius 2 is 1.92 bits per heavy atom. The number of anilines is 2. The molecule has 0 aromatic heterocycles. The normalized spacial score (nSPS) is 18.1. The molecule has 0 aliphatic carbocycles. The number of ether oxygens (including phenoxy) is 1. The molecule has 5 heteroatoms. The van der Waals surface area contributed by atoms with E-state index in [0.717, 1.165) is 24.5 Å². The summed E-state index contributed by atoms with van der Waals surface area (Å²) >= 11 is 0. The molecule has 5 nitrogen and oxygen atoms in total. The second-order valence-corrected chi connectivity index (χ2v) is 6.00. The number of nitrogens with zero attached hydrogens (tertiary/aromatic N) is 1. The van der Waals surface area contributed by atoms with Crippen molar-refractivity contribution in [1.82, 2.24) is 10.2 Å². The fourth-order valence-electron chi connectivity index (χ4n) is 2.76. The monoisotopic (exact) mass is 325 g/mol. The molecular weight excluding hydrogens is 302 g/mol. The number of morpholine rings is 1. The summed E-state index contributed by atoms with van der Waals surface area (Å²) in [5, 5.41) is 6.28. The molecule has 0 unspecified atom stereocenters. The summed E-state index contributed by atoms with van der Waals surface area (Å²) < 4.78 is 5.69. The lowest BCUT2D eigenvalue weighted by Gasteiger charge is -2.30. The minimum atomic E-state index is -0.0918. The first kappa shape index (κ1) is 16.5. The van der Waals surface area contributed by atoms with Gasteiger partial charge in [0.1, 0.15) is 0 Å². The molecule has 2 aromatic carbocycles. The van der Waals surface area contributed by atoms with Gasteiger partial charge in [-0.3, -0.25) is 4.79 Å². The molecule has 3 rings (SSSR count). The van der Waals surface area contributed by atoms with Crippen LogP contribution in [-0.4, -0.2) is 50.2 Å². The Balaban J connectivity index is 1.64. The fourth-order valence-corrected chi connectivity index (χ4v) is 2.76. The van der Waals surface area contributed by atoms with Crippen LogP contribution in [0.1, 0.15) is 10.4 Å². The molecule has 1 aliphatic heterocycles. The maximum absolute atomic E-state index is 12.6. The number of para-hydroxylation sites is 2. The Labute approximate surface area is 142 Å². The topological polar surface area (TPSA) is 53.6 Å². The molecule has 1 heterocycles. The van der Waals surface area contributed by atoms with E-state index in [0.29, 0.717) is 18.7 Å². The highest BCUT2D eigenvalue weighted by atomic mass is 16.5. The SMILES string of the molecule is CN1CCO[C@H](CNC(=O)c2ccccc2Nc2ccccc2)C1. The lowest BCUT2D eigenvalue weighted by Crippen LogP contribution is -2.46. The number of carbonyl (C=O) groups is 1. The van der Waals surface area contributed by atoms with E-state index >= 15 is 0 Å². The van der Waals surface area contributed by atoms with E-state index in [2.05, 4.69) is 22.6 Å². The maximum Gasteiger partial charge on any atom is 0.253 e. The summed E-state index contributed by atoms with van der Waals surface area (Å²) in [4.78, 5) is 14.8. The quantitative estimate of drug-likeness (QED) is 0.887. The summed E-state index contributed by atoms with van der Waals surface area (Å²) in [5.41, 5.74) is 2.38. The van der Waals surface area contributed by atoms with Crippen LogP contribution < -0.4 is 10.6 Å². The third kappa shape index (κ3) is 4.34. The predicted octanol–water partition coefficient (Wildman–Crippen LogP) is 2.49. The first-order valence-electron chi connectivity index (χ1n) is 8.22. The third-order valence-corrected chi connectivity index (χ3v) is 4.06. The van der Waals surface area contributed by atoms with E-state index in [-0.39, 0.29) is 12.0 Å². The molecule has 2 aromatic rings. The molecule has 0 saturated carbocycles. The van der Waals surface area contributed by atoms with Gasteiger partial charge in [0.05, 0.1) is 24.0 Å². The number of benzene rings is 2. The molecule has 0 radical (unpaired) electrons. The van der Waals surface area contributed by atoms with Gasteiger partial charge in [-0.25, -0.2) is 0 Å². The zero-order chi connectivity index (χ0) is 16.8. The van der Waals surface area contributed by atoms with Crippen LogP contribution in [0.15, 0.2) is 54.6 Å². The summed E-state index contributed by atoms with van der Waals surface area (Å²) in [6.07, 6.45) is 0.0435. The number of likely N-dealkylation sites (N-methyl/N-ethyl adjacent to an activating group) is 1. The molecule has 126 valence electrons. The minimum absolute atomic E-state index is 0.0435. The van der Waals surface area contributed by atoms with Gasteiger partial charge in [0, 0.05) is 25.3 Å². The van der Waals surface area contributed by atoms with Crippen LogP contribution in [0.4, 0.5) is 11.4 Å². The smallest absolute Gasteiger partial charge is 0.253 e. The van der Waals surface area contributed by atoms with E-state index in [9.17, 15) is 4.79 Å². The molecule has 2 N–H and O–H groups in total. The van der Waals surface area contributed by atoms with Gasteiger partial charge >= 0.3 is 0 Å². The van der Waals surface area contributed by atoms with Crippen molar-refractivity contribution in [2.45, 2.75) is 6.10 Å². The van der Waals surface area contributed by atoms with Crippen molar-refractivity contribution in [3.63, 3.8) is 0 Å². The maximum atomic E-state index is 12.6. The Morgan fingerprint density at radius 3 is 2.71 bits per heavy atom. The number of carbonyl (C=O) groups excluding carboxylic acids is 1. The summed E-state index contributed by atoms with van der Waals surface area (Å²) in [7, 11) is 2.07. The van der Waals surface area contributed by atoms with Crippen LogP contribution >= 0.6 is 0 Å². The molecule has 0 spiro atoms. The third-order valence-electron chi connectivity index (χ3n) is 4.06. The van der Waals surface area contributed by atoms with Crippen molar-refractivity contribution in [2.75, 3.05) is 38.6 Å². The average molecular weight is 325 g/mol. The van der Waals surface area contributed by atoms with Crippen LogP contribution in [0.2, 0.25) is 0 Å². The first-order valence-corrected chi connectivity index (χ1v) is 8.22. The van der Waals surface area contributed by atoms with Gasteiger partial charge in [-0.05, 0) is 31.3 Å². The van der Waals surface area contributed by atoms with E-state index in [1.54, 1.807) is 0 Å². The largest absolute Gasteiger partial charge is 0.374 e. The summed E-state index contributed by atoms with van der Waals surface area (Å²) in [6, 6.07) is 17.4. The van der Waals surface area contributed by atoms with Crippen molar-refractivity contribution in [3.05, 3.63) is 60.2 Å². The Morgan fingerprint density at radius 1 is 1.17 bits per heavy atom. The fraction of sp³-hybridized carbons (Fsp3) is 0.316. The van der Waals surface area contributed by atoms with Crippen molar-refractivity contribution in [3.8, 4) is 0 Å².